The molecule has 1 aliphatic carbocycles. The van der Waals surface area contributed by atoms with Gasteiger partial charge in [-0.05, 0) is 47.3 Å². The molecule has 0 radical (unpaired) electrons. The number of rotatable bonds is 9. The van der Waals surface area contributed by atoms with E-state index in [1.54, 1.807) is 6.92 Å². The van der Waals surface area contributed by atoms with Crippen LogP contribution in [-0.4, -0.2) is 75.4 Å². The standard InChI is InChI=1S/C14H28N2O3/c1-5-19-13(17)11-18-10-9-16(4)12-14(15(2)3)7-6-8-14/h5-12H2,1-4H3. The molecule has 0 unspecified atom stereocenters. The molecule has 0 heterocycles. The Morgan fingerprint density at radius 2 is 1.95 bits per heavy atom. The van der Waals surface area contributed by atoms with Gasteiger partial charge in [-0.15, -0.1) is 0 Å². The van der Waals surface area contributed by atoms with Crippen LogP contribution in [-0.2, 0) is 14.3 Å². The van der Waals surface area contributed by atoms with E-state index >= 15 is 0 Å². The van der Waals surface area contributed by atoms with Crippen LogP contribution in [0, 0.1) is 0 Å². The Hall–Kier alpha value is -0.650. The van der Waals surface area contributed by atoms with E-state index in [0.29, 0.717) is 18.8 Å². The van der Waals surface area contributed by atoms with Gasteiger partial charge in [-0.2, -0.15) is 0 Å². The minimum Gasteiger partial charge on any atom is -0.464 e. The van der Waals surface area contributed by atoms with Gasteiger partial charge in [-0.25, -0.2) is 4.79 Å². The summed E-state index contributed by atoms with van der Waals surface area (Å²) in [7, 11) is 6.42. The molecule has 0 N–H and O–H groups in total. The zero-order valence-corrected chi connectivity index (χ0v) is 12.8. The zero-order chi connectivity index (χ0) is 14.3. The predicted molar refractivity (Wildman–Crippen MR) is 75.2 cm³/mol. The van der Waals surface area contributed by atoms with Crippen molar-refractivity contribution in [2.75, 3.05) is 54.1 Å². The summed E-state index contributed by atoms with van der Waals surface area (Å²) >= 11 is 0. The summed E-state index contributed by atoms with van der Waals surface area (Å²) in [5.74, 6) is -0.283. The van der Waals surface area contributed by atoms with Crippen molar-refractivity contribution in [1.29, 1.82) is 0 Å². The topological polar surface area (TPSA) is 42.0 Å². The van der Waals surface area contributed by atoms with Crippen LogP contribution >= 0.6 is 0 Å². The van der Waals surface area contributed by atoms with E-state index in [1.165, 1.54) is 19.3 Å². The van der Waals surface area contributed by atoms with Gasteiger partial charge in [0.1, 0.15) is 6.61 Å². The highest BCUT2D eigenvalue weighted by atomic mass is 16.6. The van der Waals surface area contributed by atoms with E-state index < -0.39 is 0 Å². The SMILES string of the molecule is CCOC(=O)COCCN(C)CC1(N(C)C)CCC1. The molecular formula is C14H28N2O3. The molecule has 5 nitrogen and oxygen atoms in total. The lowest BCUT2D eigenvalue weighted by Crippen LogP contribution is -2.56. The molecule has 0 spiro atoms. The molecule has 0 aliphatic heterocycles. The zero-order valence-electron chi connectivity index (χ0n) is 12.8. The monoisotopic (exact) mass is 272 g/mol. The van der Waals surface area contributed by atoms with Crippen LogP contribution in [0.1, 0.15) is 26.2 Å². The molecule has 112 valence electrons. The van der Waals surface area contributed by atoms with E-state index in [0.717, 1.165) is 13.1 Å². The highest BCUT2D eigenvalue weighted by Crippen LogP contribution is 2.36. The van der Waals surface area contributed by atoms with Gasteiger partial charge in [0.25, 0.3) is 0 Å². The van der Waals surface area contributed by atoms with Crippen molar-refractivity contribution in [3.8, 4) is 0 Å². The molecule has 0 saturated heterocycles. The van der Waals surface area contributed by atoms with Gasteiger partial charge in [0.05, 0.1) is 13.2 Å². The number of likely N-dealkylation sites (N-methyl/N-ethyl adjacent to an activating group) is 2. The highest BCUT2D eigenvalue weighted by molar-refractivity contribution is 5.70. The normalized spacial score (nSPS) is 17.6. The fourth-order valence-electron chi connectivity index (χ4n) is 2.49. The maximum absolute atomic E-state index is 11.1. The molecule has 0 aromatic carbocycles. The second kappa shape index (κ2) is 7.82. The second-order valence-corrected chi connectivity index (χ2v) is 5.57. The Morgan fingerprint density at radius 3 is 2.42 bits per heavy atom. The number of carbonyl (C=O) groups is 1. The first kappa shape index (κ1) is 16.4. The van der Waals surface area contributed by atoms with Crippen LogP contribution in [0.3, 0.4) is 0 Å². The summed E-state index contributed by atoms with van der Waals surface area (Å²) in [6, 6.07) is 0. The molecule has 1 saturated carbocycles. The maximum Gasteiger partial charge on any atom is 0.332 e. The Kier molecular flexibility index (Phi) is 6.75. The van der Waals surface area contributed by atoms with Crippen LogP contribution in [0.5, 0.6) is 0 Å². The first-order chi connectivity index (χ1) is 9.00. The predicted octanol–water partition coefficient (Wildman–Crippen LogP) is 0.982. The summed E-state index contributed by atoms with van der Waals surface area (Å²) in [6.07, 6.45) is 3.87. The number of esters is 1. The molecule has 1 fully saturated rings. The molecule has 0 atom stereocenters. The van der Waals surface area contributed by atoms with Gasteiger partial charge in [-0.1, -0.05) is 0 Å². The molecule has 1 rings (SSSR count). The molecule has 0 amide bonds. The van der Waals surface area contributed by atoms with Crippen molar-refractivity contribution >= 4 is 5.97 Å². The lowest BCUT2D eigenvalue weighted by Gasteiger charge is -2.49. The summed E-state index contributed by atoms with van der Waals surface area (Å²) in [4.78, 5) is 15.7. The first-order valence-electron chi connectivity index (χ1n) is 7.09. The number of hydrogen-bond acceptors (Lipinski definition) is 5. The summed E-state index contributed by atoms with van der Waals surface area (Å²) in [5.41, 5.74) is 0.343. The van der Waals surface area contributed by atoms with Crippen LogP contribution in [0.15, 0.2) is 0 Å². The smallest absolute Gasteiger partial charge is 0.332 e. The van der Waals surface area contributed by atoms with Gasteiger partial charge < -0.3 is 19.3 Å². The molecule has 0 bridgehead atoms. The molecular weight excluding hydrogens is 244 g/mol. The van der Waals surface area contributed by atoms with Gasteiger partial charge >= 0.3 is 5.97 Å². The van der Waals surface area contributed by atoms with Gasteiger partial charge in [0.15, 0.2) is 0 Å². The third-order valence-electron chi connectivity index (χ3n) is 3.94. The van der Waals surface area contributed by atoms with Gasteiger partial charge in [0, 0.05) is 18.6 Å². The largest absolute Gasteiger partial charge is 0.464 e. The lowest BCUT2D eigenvalue weighted by atomic mass is 9.75. The number of carbonyl (C=O) groups excluding carboxylic acids is 1. The Bertz CT molecular complexity index is 278. The number of nitrogens with zero attached hydrogens (tertiary/aromatic N) is 2. The van der Waals surface area contributed by atoms with Crippen LogP contribution in [0.4, 0.5) is 0 Å². The van der Waals surface area contributed by atoms with E-state index in [4.69, 9.17) is 9.47 Å². The molecule has 5 heteroatoms. The van der Waals surface area contributed by atoms with Crippen molar-refractivity contribution in [1.82, 2.24) is 9.80 Å². The quantitative estimate of drug-likeness (QED) is 0.462. The lowest BCUT2D eigenvalue weighted by molar-refractivity contribution is -0.148. The van der Waals surface area contributed by atoms with Crippen molar-refractivity contribution in [3.05, 3.63) is 0 Å². The van der Waals surface area contributed by atoms with Crippen LogP contribution < -0.4 is 0 Å². The van der Waals surface area contributed by atoms with Gasteiger partial charge in [-0.3, -0.25) is 0 Å². The van der Waals surface area contributed by atoms with Crippen molar-refractivity contribution < 1.29 is 14.3 Å². The van der Waals surface area contributed by atoms with Crippen molar-refractivity contribution in [2.45, 2.75) is 31.7 Å². The van der Waals surface area contributed by atoms with E-state index in [9.17, 15) is 4.79 Å². The minimum atomic E-state index is -0.283. The number of hydrogen-bond donors (Lipinski definition) is 0. The Balaban J connectivity index is 2.14. The summed E-state index contributed by atoms with van der Waals surface area (Å²) < 4.78 is 10.1. The molecule has 19 heavy (non-hydrogen) atoms. The highest BCUT2D eigenvalue weighted by Gasteiger charge is 2.39. The third kappa shape index (κ3) is 5.09. The summed E-state index contributed by atoms with van der Waals surface area (Å²) in [5, 5.41) is 0. The Morgan fingerprint density at radius 1 is 1.26 bits per heavy atom. The van der Waals surface area contributed by atoms with Crippen LogP contribution in [0.2, 0.25) is 0 Å². The van der Waals surface area contributed by atoms with Crippen molar-refractivity contribution in [2.24, 2.45) is 0 Å². The second-order valence-electron chi connectivity index (χ2n) is 5.57. The Labute approximate surface area is 116 Å². The minimum absolute atomic E-state index is 0.0561. The first-order valence-corrected chi connectivity index (χ1v) is 7.09. The summed E-state index contributed by atoms with van der Waals surface area (Å²) in [6.45, 7) is 4.73. The van der Waals surface area contributed by atoms with Crippen molar-refractivity contribution in [3.63, 3.8) is 0 Å². The van der Waals surface area contributed by atoms with E-state index in [-0.39, 0.29) is 12.6 Å². The maximum atomic E-state index is 11.1. The molecule has 0 aromatic heterocycles. The van der Waals surface area contributed by atoms with Gasteiger partial charge in [0.2, 0.25) is 0 Å². The fraction of sp³-hybridized carbons (Fsp3) is 0.929. The molecule has 0 aromatic rings. The van der Waals surface area contributed by atoms with Crippen LogP contribution in [0.25, 0.3) is 0 Å². The average molecular weight is 272 g/mol. The van der Waals surface area contributed by atoms with E-state index in [2.05, 4.69) is 30.9 Å². The van der Waals surface area contributed by atoms with E-state index in [1.807, 2.05) is 0 Å². The number of ether oxygens (including phenoxy) is 2. The average Bonchev–Trinajstić information content (AvgIpc) is 2.29. The third-order valence-corrected chi connectivity index (χ3v) is 3.94. The fourth-order valence-corrected chi connectivity index (χ4v) is 2.49. The molecule has 1 aliphatic rings.